The molecule has 1 N–H and O–H groups in total. The second-order valence-corrected chi connectivity index (χ2v) is 6.77. The Morgan fingerprint density at radius 1 is 1.17 bits per heavy atom. The highest BCUT2D eigenvalue weighted by molar-refractivity contribution is 5.86. The van der Waals surface area contributed by atoms with Crippen LogP contribution < -0.4 is 4.74 Å². The van der Waals surface area contributed by atoms with Gasteiger partial charge in [0.25, 0.3) is 0 Å². The molecule has 1 atom stereocenters. The van der Waals surface area contributed by atoms with E-state index in [0.717, 1.165) is 22.7 Å². The van der Waals surface area contributed by atoms with Gasteiger partial charge in [-0.05, 0) is 17.7 Å². The summed E-state index contributed by atoms with van der Waals surface area (Å²) in [4.78, 5) is 41.5. The fourth-order valence-corrected chi connectivity index (χ4v) is 3.40. The molecule has 3 rings (SSSR count). The predicted octanol–water partition coefficient (Wildman–Crippen LogP) is 1.23. The van der Waals surface area contributed by atoms with Gasteiger partial charge in [-0.15, -0.1) is 0 Å². The molecule has 0 spiro atoms. The Balaban J connectivity index is 1.83. The summed E-state index contributed by atoms with van der Waals surface area (Å²) >= 11 is 0. The number of nitrogens with zero attached hydrogens (tertiary/aromatic N) is 3. The number of esters is 1. The van der Waals surface area contributed by atoms with E-state index in [0.29, 0.717) is 6.54 Å². The summed E-state index contributed by atoms with van der Waals surface area (Å²) < 4.78 is 11.9. The number of carboxylic acids is 1. The number of carbonyl (C=O) groups is 3. The van der Waals surface area contributed by atoms with Crippen molar-refractivity contribution in [2.75, 3.05) is 14.2 Å². The first-order valence-corrected chi connectivity index (χ1v) is 9.17. The van der Waals surface area contributed by atoms with Crippen molar-refractivity contribution < 1.29 is 29.0 Å². The number of carbonyl (C=O) groups excluding carboxylic acids is 2. The summed E-state index contributed by atoms with van der Waals surface area (Å²) in [5, 5.41) is 8.87. The molecule has 154 valence electrons. The van der Waals surface area contributed by atoms with Gasteiger partial charge in [0, 0.05) is 19.4 Å². The lowest BCUT2D eigenvalue weighted by atomic mass is 10.0. The van der Waals surface area contributed by atoms with Crippen molar-refractivity contribution in [3.63, 3.8) is 0 Å². The molecule has 0 saturated carbocycles. The first-order chi connectivity index (χ1) is 13.9. The first-order valence-electron chi connectivity index (χ1n) is 9.17. The van der Waals surface area contributed by atoms with Crippen LogP contribution in [0.5, 0.6) is 5.75 Å². The van der Waals surface area contributed by atoms with Crippen LogP contribution in [-0.4, -0.2) is 57.7 Å². The molecule has 0 saturated heterocycles. The molecule has 0 bridgehead atoms. The number of aromatic nitrogens is 2. The van der Waals surface area contributed by atoms with Crippen molar-refractivity contribution in [3.05, 3.63) is 47.5 Å². The zero-order valence-corrected chi connectivity index (χ0v) is 16.3. The third-order valence-electron chi connectivity index (χ3n) is 4.97. The molecular formula is C20H23N3O6. The van der Waals surface area contributed by atoms with Crippen LogP contribution >= 0.6 is 0 Å². The summed E-state index contributed by atoms with van der Waals surface area (Å²) in [6.45, 7) is 0.718. The predicted molar refractivity (Wildman–Crippen MR) is 101 cm³/mol. The first kappa shape index (κ1) is 20.4. The van der Waals surface area contributed by atoms with Crippen molar-refractivity contribution >= 4 is 17.8 Å². The molecule has 1 aliphatic heterocycles. The van der Waals surface area contributed by atoms with Crippen LogP contribution in [0, 0.1) is 0 Å². The fraction of sp³-hybridized carbons (Fsp3) is 0.400. The number of aliphatic carboxylic acids is 1. The van der Waals surface area contributed by atoms with Gasteiger partial charge in [0.1, 0.15) is 11.8 Å². The molecule has 0 fully saturated rings. The Bertz CT molecular complexity index is 905. The minimum atomic E-state index is -1.06. The maximum absolute atomic E-state index is 12.6. The van der Waals surface area contributed by atoms with Crippen LogP contribution in [0.25, 0.3) is 0 Å². The largest absolute Gasteiger partial charge is 0.497 e. The zero-order valence-electron chi connectivity index (χ0n) is 16.3. The minimum Gasteiger partial charge on any atom is -0.497 e. The van der Waals surface area contributed by atoms with Gasteiger partial charge in [-0.25, -0.2) is 9.78 Å². The molecule has 1 aromatic carbocycles. The maximum Gasteiger partial charge on any atom is 0.329 e. The molecule has 0 aliphatic carbocycles. The van der Waals surface area contributed by atoms with E-state index in [-0.39, 0.29) is 25.8 Å². The van der Waals surface area contributed by atoms with Crippen molar-refractivity contribution in [1.29, 1.82) is 0 Å². The number of amides is 1. The van der Waals surface area contributed by atoms with Crippen LogP contribution in [-0.2, 0) is 38.6 Å². The Hall–Kier alpha value is -3.36. The molecule has 9 heteroatoms. The number of imidazole rings is 1. The average Bonchev–Trinajstić information content (AvgIpc) is 3.12. The van der Waals surface area contributed by atoms with E-state index in [9.17, 15) is 14.4 Å². The molecule has 2 heterocycles. The highest BCUT2D eigenvalue weighted by Gasteiger charge is 2.37. The second kappa shape index (κ2) is 8.76. The van der Waals surface area contributed by atoms with Gasteiger partial charge in [0.2, 0.25) is 5.91 Å². The van der Waals surface area contributed by atoms with Crippen LogP contribution in [0.2, 0.25) is 0 Å². The van der Waals surface area contributed by atoms with Gasteiger partial charge in [-0.3, -0.25) is 9.59 Å². The highest BCUT2D eigenvalue weighted by atomic mass is 16.5. The zero-order chi connectivity index (χ0) is 21.0. The number of hydrogen-bond donors (Lipinski definition) is 1. The monoisotopic (exact) mass is 401 g/mol. The Kier molecular flexibility index (Phi) is 6.16. The van der Waals surface area contributed by atoms with Crippen LogP contribution in [0.3, 0.4) is 0 Å². The smallest absolute Gasteiger partial charge is 0.329 e. The standard InChI is InChI=1S/C20H23N3O6/c1-28-14-5-3-13(4-6-14)10-22-12-21-15-9-16(20(27)29-2)23(11-17(15)22)18(24)7-8-19(25)26/h3-6,12,16H,7-11H2,1-2H3,(H,25,26). The van der Waals surface area contributed by atoms with E-state index >= 15 is 0 Å². The Labute approximate surface area is 167 Å². The minimum absolute atomic E-state index is 0.170. The summed E-state index contributed by atoms with van der Waals surface area (Å²) in [6.07, 6.45) is 1.46. The average molecular weight is 401 g/mol. The van der Waals surface area contributed by atoms with E-state index < -0.39 is 23.9 Å². The molecule has 1 amide bonds. The fourth-order valence-electron chi connectivity index (χ4n) is 3.40. The van der Waals surface area contributed by atoms with E-state index in [2.05, 4.69) is 4.98 Å². The third kappa shape index (κ3) is 4.56. The van der Waals surface area contributed by atoms with Gasteiger partial charge in [-0.2, -0.15) is 0 Å². The van der Waals surface area contributed by atoms with Gasteiger partial charge < -0.3 is 24.0 Å². The molecule has 1 aliphatic rings. The topological polar surface area (TPSA) is 111 Å². The van der Waals surface area contributed by atoms with E-state index in [4.69, 9.17) is 14.6 Å². The summed E-state index contributed by atoms with van der Waals surface area (Å²) in [5.41, 5.74) is 2.59. The van der Waals surface area contributed by atoms with Crippen LogP contribution in [0.15, 0.2) is 30.6 Å². The molecule has 9 nitrogen and oxygen atoms in total. The number of hydrogen-bond acceptors (Lipinski definition) is 6. The number of benzene rings is 1. The van der Waals surface area contributed by atoms with E-state index in [1.54, 1.807) is 13.4 Å². The number of fused-ring (bicyclic) bond motifs is 1. The van der Waals surface area contributed by atoms with E-state index in [1.165, 1.54) is 12.0 Å². The van der Waals surface area contributed by atoms with Crippen molar-refractivity contribution in [2.45, 2.75) is 38.4 Å². The molecule has 0 radical (unpaired) electrons. The normalized spacial score (nSPS) is 15.5. The second-order valence-electron chi connectivity index (χ2n) is 6.77. The van der Waals surface area contributed by atoms with Crippen molar-refractivity contribution in [2.24, 2.45) is 0 Å². The lowest BCUT2D eigenvalue weighted by molar-refractivity contribution is -0.154. The van der Waals surface area contributed by atoms with Gasteiger partial charge in [-0.1, -0.05) is 12.1 Å². The SMILES string of the molecule is COC(=O)C1Cc2ncn(Cc3ccc(OC)cc3)c2CN1C(=O)CCC(=O)O. The van der Waals surface area contributed by atoms with Crippen molar-refractivity contribution in [1.82, 2.24) is 14.5 Å². The van der Waals surface area contributed by atoms with Gasteiger partial charge >= 0.3 is 11.9 Å². The van der Waals surface area contributed by atoms with Crippen LogP contribution in [0.4, 0.5) is 0 Å². The summed E-state index contributed by atoms with van der Waals surface area (Å²) in [6, 6.07) is 6.82. The summed E-state index contributed by atoms with van der Waals surface area (Å²) in [7, 11) is 2.87. The molecular weight excluding hydrogens is 378 g/mol. The number of methoxy groups -OCH3 is 2. The van der Waals surface area contributed by atoms with Gasteiger partial charge in [0.05, 0.1) is 44.9 Å². The lowest BCUT2D eigenvalue weighted by Crippen LogP contribution is -2.49. The quantitative estimate of drug-likeness (QED) is 0.695. The van der Waals surface area contributed by atoms with Crippen molar-refractivity contribution in [3.8, 4) is 5.75 Å². The molecule has 1 unspecified atom stereocenters. The van der Waals surface area contributed by atoms with Gasteiger partial charge in [0.15, 0.2) is 0 Å². The highest BCUT2D eigenvalue weighted by Crippen LogP contribution is 2.25. The Morgan fingerprint density at radius 2 is 1.90 bits per heavy atom. The lowest BCUT2D eigenvalue weighted by Gasteiger charge is -2.34. The number of carboxylic acid groups (broad SMARTS) is 1. The maximum atomic E-state index is 12.6. The van der Waals surface area contributed by atoms with Crippen LogP contribution in [0.1, 0.15) is 29.8 Å². The summed E-state index contributed by atoms with van der Waals surface area (Å²) in [5.74, 6) is -1.23. The Morgan fingerprint density at radius 3 is 2.52 bits per heavy atom. The number of ether oxygens (including phenoxy) is 2. The number of rotatable bonds is 7. The third-order valence-corrected chi connectivity index (χ3v) is 4.97. The molecule has 2 aromatic rings. The van der Waals surface area contributed by atoms with E-state index in [1.807, 2.05) is 28.8 Å². The molecule has 1 aromatic heterocycles. The molecule has 29 heavy (non-hydrogen) atoms.